The summed E-state index contributed by atoms with van der Waals surface area (Å²) in [5.74, 6) is 3.13. The van der Waals surface area contributed by atoms with Crippen LogP contribution in [0.25, 0.3) is 0 Å². The van der Waals surface area contributed by atoms with Crippen molar-refractivity contribution in [3.63, 3.8) is 0 Å². The van der Waals surface area contributed by atoms with Gasteiger partial charge in [-0.05, 0) is 29.6 Å². The normalized spacial score (nSPS) is 59.7. The fourth-order valence-electron chi connectivity index (χ4n) is 3.19. The molecule has 0 nitrogen and oxygen atoms in total. The molecule has 2 aliphatic rings. The van der Waals surface area contributed by atoms with Crippen LogP contribution in [0, 0.1) is 23.2 Å². The lowest BCUT2D eigenvalue weighted by Crippen LogP contribution is -2.16. The second kappa shape index (κ2) is 1.78. The molecule has 0 aliphatic heterocycles. The van der Waals surface area contributed by atoms with Crippen molar-refractivity contribution in [2.45, 2.75) is 40.0 Å². The van der Waals surface area contributed by atoms with Gasteiger partial charge in [0.25, 0.3) is 0 Å². The van der Waals surface area contributed by atoms with Crippen molar-refractivity contribution in [1.82, 2.24) is 0 Å². The standard InChI is InChI=1S/C10H18/c1-7-5-4-6-9-8(2)10(7,9)3/h7-9H,4-6H2,1-3H3/t7-,8+,9+,10-/m0/s1. The first-order valence-electron chi connectivity index (χ1n) is 4.67. The van der Waals surface area contributed by atoms with Crippen LogP contribution in [-0.4, -0.2) is 0 Å². The van der Waals surface area contributed by atoms with Crippen molar-refractivity contribution in [1.29, 1.82) is 0 Å². The summed E-state index contributed by atoms with van der Waals surface area (Å²) in [5, 5.41) is 0. The predicted octanol–water partition coefficient (Wildman–Crippen LogP) is 3.08. The minimum Gasteiger partial charge on any atom is -0.0620 e. The third kappa shape index (κ3) is 0.580. The Bertz CT molecular complexity index is 142. The third-order valence-electron chi connectivity index (χ3n) is 4.49. The van der Waals surface area contributed by atoms with Gasteiger partial charge in [-0.1, -0.05) is 33.6 Å². The van der Waals surface area contributed by atoms with Gasteiger partial charge in [0, 0.05) is 0 Å². The Morgan fingerprint density at radius 2 is 1.90 bits per heavy atom. The summed E-state index contributed by atoms with van der Waals surface area (Å²) < 4.78 is 0. The monoisotopic (exact) mass is 138 g/mol. The van der Waals surface area contributed by atoms with E-state index < -0.39 is 0 Å². The van der Waals surface area contributed by atoms with Crippen LogP contribution in [0.1, 0.15) is 40.0 Å². The highest BCUT2D eigenvalue weighted by molar-refractivity contribution is 5.09. The van der Waals surface area contributed by atoms with Crippen molar-refractivity contribution < 1.29 is 0 Å². The van der Waals surface area contributed by atoms with Gasteiger partial charge in [0.2, 0.25) is 0 Å². The Morgan fingerprint density at radius 1 is 1.20 bits per heavy atom. The van der Waals surface area contributed by atoms with Gasteiger partial charge in [-0.2, -0.15) is 0 Å². The Hall–Kier alpha value is 0. The SMILES string of the molecule is C[C@@H]1[C@H]2CCC[C@H](C)[C@@]12C. The third-order valence-corrected chi connectivity index (χ3v) is 4.49. The van der Waals surface area contributed by atoms with Crippen LogP contribution in [-0.2, 0) is 0 Å². The molecule has 2 aliphatic carbocycles. The smallest absolute Gasteiger partial charge is 0.0241 e. The molecule has 0 saturated heterocycles. The van der Waals surface area contributed by atoms with E-state index in [0.29, 0.717) is 0 Å². The fourth-order valence-corrected chi connectivity index (χ4v) is 3.19. The van der Waals surface area contributed by atoms with Gasteiger partial charge in [0.1, 0.15) is 0 Å². The molecule has 10 heavy (non-hydrogen) atoms. The van der Waals surface area contributed by atoms with Crippen LogP contribution in [0.3, 0.4) is 0 Å². The summed E-state index contributed by atoms with van der Waals surface area (Å²) in [6.07, 6.45) is 4.49. The summed E-state index contributed by atoms with van der Waals surface area (Å²) in [5.41, 5.74) is 0.762. The van der Waals surface area contributed by atoms with Crippen LogP contribution < -0.4 is 0 Å². The van der Waals surface area contributed by atoms with Crippen LogP contribution in [0.5, 0.6) is 0 Å². The minimum atomic E-state index is 0.762. The second-order valence-corrected chi connectivity index (χ2v) is 4.59. The number of rotatable bonds is 0. The molecule has 58 valence electrons. The number of hydrogen-bond acceptors (Lipinski definition) is 0. The van der Waals surface area contributed by atoms with Gasteiger partial charge in [-0.25, -0.2) is 0 Å². The van der Waals surface area contributed by atoms with E-state index >= 15 is 0 Å². The first kappa shape index (κ1) is 6.69. The van der Waals surface area contributed by atoms with E-state index in [1.54, 1.807) is 0 Å². The van der Waals surface area contributed by atoms with Crippen molar-refractivity contribution >= 4 is 0 Å². The zero-order valence-electron chi connectivity index (χ0n) is 7.35. The van der Waals surface area contributed by atoms with Gasteiger partial charge in [0.05, 0.1) is 0 Å². The molecule has 0 heteroatoms. The maximum atomic E-state index is 2.49. The molecule has 0 radical (unpaired) electrons. The molecular weight excluding hydrogens is 120 g/mol. The zero-order valence-corrected chi connectivity index (χ0v) is 7.35. The average Bonchev–Trinajstić information content (AvgIpc) is 2.42. The molecule has 2 saturated carbocycles. The lowest BCUT2D eigenvalue weighted by atomic mass is 9.80. The summed E-state index contributed by atoms with van der Waals surface area (Å²) in [6.45, 7) is 7.37. The molecule has 0 aromatic carbocycles. The summed E-state index contributed by atoms with van der Waals surface area (Å²) in [7, 11) is 0. The lowest BCUT2D eigenvalue weighted by Gasteiger charge is -2.25. The highest BCUT2D eigenvalue weighted by Crippen LogP contribution is 2.68. The van der Waals surface area contributed by atoms with Crippen molar-refractivity contribution in [2.24, 2.45) is 23.2 Å². The maximum absolute atomic E-state index is 2.49. The Morgan fingerprint density at radius 3 is 2.40 bits per heavy atom. The van der Waals surface area contributed by atoms with Crippen molar-refractivity contribution in [3.05, 3.63) is 0 Å². The largest absolute Gasteiger partial charge is 0.0620 e. The lowest BCUT2D eigenvalue weighted by molar-refractivity contribution is 0.249. The molecule has 0 N–H and O–H groups in total. The van der Waals surface area contributed by atoms with Crippen molar-refractivity contribution in [2.75, 3.05) is 0 Å². The zero-order chi connectivity index (χ0) is 7.35. The minimum absolute atomic E-state index is 0.762. The van der Waals surface area contributed by atoms with Crippen molar-refractivity contribution in [3.8, 4) is 0 Å². The van der Waals surface area contributed by atoms with Gasteiger partial charge < -0.3 is 0 Å². The molecule has 0 spiro atoms. The topological polar surface area (TPSA) is 0 Å². The van der Waals surface area contributed by atoms with Gasteiger partial charge in [-0.15, -0.1) is 0 Å². The Labute approximate surface area is 64.0 Å². The van der Waals surface area contributed by atoms with Gasteiger partial charge in [0.15, 0.2) is 0 Å². The van der Waals surface area contributed by atoms with E-state index in [1.165, 1.54) is 19.3 Å². The summed E-state index contributed by atoms with van der Waals surface area (Å²) >= 11 is 0. The highest BCUT2D eigenvalue weighted by atomic mass is 14.7. The molecule has 4 atom stereocenters. The molecule has 0 bridgehead atoms. The predicted molar refractivity (Wildman–Crippen MR) is 43.8 cm³/mol. The average molecular weight is 138 g/mol. The molecule has 0 aromatic rings. The van der Waals surface area contributed by atoms with Crippen LogP contribution in [0.15, 0.2) is 0 Å². The number of fused-ring (bicyclic) bond motifs is 1. The van der Waals surface area contributed by atoms with Gasteiger partial charge >= 0.3 is 0 Å². The summed E-state index contributed by atoms with van der Waals surface area (Å²) in [4.78, 5) is 0. The van der Waals surface area contributed by atoms with Crippen LogP contribution in [0.4, 0.5) is 0 Å². The van der Waals surface area contributed by atoms with E-state index in [1.807, 2.05) is 0 Å². The molecule has 2 rings (SSSR count). The molecular formula is C10H18. The first-order chi connectivity index (χ1) is 4.67. The Kier molecular flexibility index (Phi) is 1.19. The molecule has 0 heterocycles. The van der Waals surface area contributed by atoms with Crippen LogP contribution in [0.2, 0.25) is 0 Å². The van der Waals surface area contributed by atoms with Crippen LogP contribution >= 0.6 is 0 Å². The molecule has 0 aromatic heterocycles. The van der Waals surface area contributed by atoms with E-state index in [4.69, 9.17) is 0 Å². The van der Waals surface area contributed by atoms with E-state index in [0.717, 1.165) is 23.2 Å². The molecule has 2 fully saturated rings. The van der Waals surface area contributed by atoms with E-state index in [-0.39, 0.29) is 0 Å². The quantitative estimate of drug-likeness (QED) is 0.482. The maximum Gasteiger partial charge on any atom is -0.0241 e. The second-order valence-electron chi connectivity index (χ2n) is 4.59. The highest BCUT2D eigenvalue weighted by Gasteiger charge is 2.61. The number of hydrogen-bond donors (Lipinski definition) is 0. The Balaban J connectivity index is 2.16. The molecule has 0 unspecified atom stereocenters. The summed E-state index contributed by atoms with van der Waals surface area (Å²) in [6, 6.07) is 0. The van der Waals surface area contributed by atoms with E-state index in [2.05, 4.69) is 20.8 Å². The fraction of sp³-hybridized carbons (Fsp3) is 1.00. The molecule has 0 amide bonds. The van der Waals surface area contributed by atoms with E-state index in [9.17, 15) is 0 Å². The van der Waals surface area contributed by atoms with Gasteiger partial charge in [-0.3, -0.25) is 0 Å². The first-order valence-corrected chi connectivity index (χ1v) is 4.67.